The molecule has 16 heavy (non-hydrogen) atoms. The fourth-order valence-corrected chi connectivity index (χ4v) is 1.75. The molecule has 0 amide bonds. The molecule has 3 nitrogen and oxygen atoms in total. The molecule has 1 aromatic heterocycles. The lowest BCUT2D eigenvalue weighted by Gasteiger charge is -2.07. The number of hydrogen-bond acceptors (Lipinski definition) is 3. The van der Waals surface area contributed by atoms with E-state index in [1.807, 2.05) is 37.3 Å². The van der Waals surface area contributed by atoms with Crippen molar-refractivity contribution >= 4 is 21.6 Å². The van der Waals surface area contributed by atoms with E-state index in [4.69, 9.17) is 14.9 Å². The smallest absolute Gasteiger partial charge is 0.169 e. The molecular formula is C12H12BrNO2. The van der Waals surface area contributed by atoms with Crippen LogP contribution in [-0.4, -0.2) is 0 Å². The summed E-state index contributed by atoms with van der Waals surface area (Å²) in [7, 11) is 0. The van der Waals surface area contributed by atoms with Crippen molar-refractivity contribution in [1.29, 1.82) is 0 Å². The molecule has 84 valence electrons. The van der Waals surface area contributed by atoms with Crippen LogP contribution in [0.15, 0.2) is 39.4 Å². The zero-order valence-corrected chi connectivity index (χ0v) is 10.5. The van der Waals surface area contributed by atoms with Gasteiger partial charge < -0.3 is 14.9 Å². The number of benzene rings is 1. The minimum atomic E-state index is 0.413. The van der Waals surface area contributed by atoms with Gasteiger partial charge in [-0.3, -0.25) is 0 Å². The van der Waals surface area contributed by atoms with Gasteiger partial charge in [0.15, 0.2) is 4.67 Å². The lowest BCUT2D eigenvalue weighted by Crippen LogP contribution is -1.96. The molecule has 0 fully saturated rings. The third-order valence-corrected chi connectivity index (χ3v) is 2.62. The maximum atomic E-state index is 5.66. The molecule has 2 N–H and O–H groups in total. The van der Waals surface area contributed by atoms with Gasteiger partial charge in [-0.2, -0.15) is 0 Å². The summed E-state index contributed by atoms with van der Waals surface area (Å²) in [6, 6.07) is 9.28. The highest BCUT2D eigenvalue weighted by Crippen LogP contribution is 2.22. The summed E-state index contributed by atoms with van der Waals surface area (Å²) >= 11 is 3.24. The van der Waals surface area contributed by atoms with Gasteiger partial charge in [-0.15, -0.1) is 0 Å². The zero-order valence-electron chi connectivity index (χ0n) is 8.87. The first-order chi connectivity index (χ1) is 7.65. The highest BCUT2D eigenvalue weighted by atomic mass is 79.9. The van der Waals surface area contributed by atoms with Gasteiger partial charge in [-0.25, -0.2) is 0 Å². The van der Waals surface area contributed by atoms with Gasteiger partial charge >= 0.3 is 0 Å². The van der Waals surface area contributed by atoms with Crippen LogP contribution in [0.5, 0.6) is 5.75 Å². The number of aryl methyl sites for hydroxylation is 1. The average Bonchev–Trinajstić information content (AvgIpc) is 2.63. The quantitative estimate of drug-likeness (QED) is 0.876. The number of hydrogen-bond donors (Lipinski definition) is 1. The number of rotatable bonds is 3. The topological polar surface area (TPSA) is 48.4 Å². The van der Waals surface area contributed by atoms with Crippen LogP contribution < -0.4 is 10.5 Å². The van der Waals surface area contributed by atoms with Gasteiger partial charge in [-0.05, 0) is 58.7 Å². The molecule has 2 rings (SSSR count). The summed E-state index contributed by atoms with van der Waals surface area (Å²) in [5, 5.41) is 0. The Morgan fingerprint density at radius 2 is 2.12 bits per heavy atom. The van der Waals surface area contributed by atoms with E-state index in [2.05, 4.69) is 15.9 Å². The summed E-state index contributed by atoms with van der Waals surface area (Å²) in [6.45, 7) is 2.38. The highest BCUT2D eigenvalue weighted by Gasteiger charge is 2.03. The number of anilines is 1. The van der Waals surface area contributed by atoms with Gasteiger partial charge in [0.25, 0.3) is 0 Å². The van der Waals surface area contributed by atoms with Crippen LogP contribution in [0, 0.1) is 6.92 Å². The first-order valence-electron chi connectivity index (χ1n) is 4.88. The maximum Gasteiger partial charge on any atom is 0.169 e. The van der Waals surface area contributed by atoms with E-state index in [9.17, 15) is 0 Å². The van der Waals surface area contributed by atoms with E-state index in [0.29, 0.717) is 11.3 Å². The van der Waals surface area contributed by atoms with Gasteiger partial charge in [-0.1, -0.05) is 0 Å². The van der Waals surface area contributed by atoms with Crippen molar-refractivity contribution in [3.63, 3.8) is 0 Å². The molecule has 0 atom stereocenters. The molecule has 0 radical (unpaired) electrons. The van der Waals surface area contributed by atoms with Gasteiger partial charge in [0.2, 0.25) is 0 Å². The lowest BCUT2D eigenvalue weighted by atomic mass is 10.2. The van der Waals surface area contributed by atoms with Crippen molar-refractivity contribution in [2.24, 2.45) is 0 Å². The van der Waals surface area contributed by atoms with Crippen LogP contribution in [0.4, 0.5) is 5.69 Å². The minimum absolute atomic E-state index is 0.413. The Hall–Kier alpha value is -1.42. The Balaban J connectivity index is 2.04. The first-order valence-corrected chi connectivity index (χ1v) is 5.67. The van der Waals surface area contributed by atoms with Gasteiger partial charge in [0.1, 0.15) is 18.1 Å². The molecule has 0 aliphatic rings. The number of nitrogens with two attached hydrogens (primary N) is 1. The van der Waals surface area contributed by atoms with Gasteiger partial charge in [0.05, 0.1) is 0 Å². The second kappa shape index (κ2) is 4.61. The van der Waals surface area contributed by atoms with E-state index in [1.165, 1.54) is 0 Å². The molecule has 0 saturated heterocycles. The van der Waals surface area contributed by atoms with E-state index in [0.717, 1.165) is 22.8 Å². The molecular weight excluding hydrogens is 270 g/mol. The van der Waals surface area contributed by atoms with E-state index in [-0.39, 0.29) is 0 Å². The SMILES string of the molecule is Cc1cc(N)ccc1OCc1ccc(Br)o1. The molecule has 0 aliphatic heterocycles. The Kier molecular flexibility index (Phi) is 3.19. The molecule has 0 bridgehead atoms. The fourth-order valence-electron chi connectivity index (χ4n) is 1.41. The van der Waals surface area contributed by atoms with Crippen LogP contribution in [0.3, 0.4) is 0 Å². The molecule has 4 heteroatoms. The van der Waals surface area contributed by atoms with E-state index < -0.39 is 0 Å². The van der Waals surface area contributed by atoms with Crippen LogP contribution in [0.1, 0.15) is 11.3 Å². The molecule has 1 aromatic carbocycles. The summed E-state index contributed by atoms with van der Waals surface area (Å²) in [6.07, 6.45) is 0. The average molecular weight is 282 g/mol. The third-order valence-electron chi connectivity index (χ3n) is 2.20. The summed E-state index contributed by atoms with van der Waals surface area (Å²) in [5.41, 5.74) is 7.42. The number of furan rings is 1. The summed E-state index contributed by atoms with van der Waals surface area (Å²) < 4.78 is 11.7. The standard InChI is InChI=1S/C12H12BrNO2/c1-8-6-9(14)2-4-11(8)15-7-10-3-5-12(13)16-10/h2-6H,7,14H2,1H3. The zero-order chi connectivity index (χ0) is 11.5. The number of nitrogen functional groups attached to an aromatic ring is 1. The fraction of sp³-hybridized carbons (Fsp3) is 0.167. The van der Waals surface area contributed by atoms with Crippen LogP contribution in [0.2, 0.25) is 0 Å². The van der Waals surface area contributed by atoms with Crippen molar-refractivity contribution in [3.8, 4) is 5.75 Å². The highest BCUT2D eigenvalue weighted by molar-refractivity contribution is 9.10. The third kappa shape index (κ3) is 2.58. The van der Waals surface area contributed by atoms with E-state index in [1.54, 1.807) is 0 Å². The Bertz CT molecular complexity index is 494. The van der Waals surface area contributed by atoms with Crippen molar-refractivity contribution < 1.29 is 9.15 Å². The predicted octanol–water partition coefficient (Wildman–Crippen LogP) is 3.51. The van der Waals surface area contributed by atoms with E-state index >= 15 is 0 Å². The van der Waals surface area contributed by atoms with Crippen molar-refractivity contribution in [3.05, 3.63) is 46.3 Å². The second-order valence-electron chi connectivity index (χ2n) is 3.52. The Morgan fingerprint density at radius 3 is 2.75 bits per heavy atom. The molecule has 0 spiro atoms. The number of ether oxygens (including phenoxy) is 1. The lowest BCUT2D eigenvalue weighted by molar-refractivity contribution is 0.266. The molecule has 0 unspecified atom stereocenters. The van der Waals surface area contributed by atoms with Crippen LogP contribution >= 0.6 is 15.9 Å². The molecule has 1 heterocycles. The van der Waals surface area contributed by atoms with Crippen LogP contribution in [-0.2, 0) is 6.61 Å². The molecule has 2 aromatic rings. The first kappa shape index (κ1) is 11.1. The van der Waals surface area contributed by atoms with Crippen LogP contribution in [0.25, 0.3) is 0 Å². The van der Waals surface area contributed by atoms with Crippen molar-refractivity contribution in [1.82, 2.24) is 0 Å². The largest absolute Gasteiger partial charge is 0.485 e. The van der Waals surface area contributed by atoms with Crippen molar-refractivity contribution in [2.75, 3.05) is 5.73 Å². The van der Waals surface area contributed by atoms with Crippen molar-refractivity contribution in [2.45, 2.75) is 13.5 Å². The Morgan fingerprint density at radius 1 is 1.31 bits per heavy atom. The minimum Gasteiger partial charge on any atom is -0.485 e. The number of halogens is 1. The predicted molar refractivity (Wildman–Crippen MR) is 66.3 cm³/mol. The summed E-state index contributed by atoms with van der Waals surface area (Å²) in [4.78, 5) is 0. The second-order valence-corrected chi connectivity index (χ2v) is 4.30. The monoisotopic (exact) mass is 281 g/mol. The maximum absolute atomic E-state index is 5.66. The summed E-state index contributed by atoms with van der Waals surface area (Å²) in [5.74, 6) is 1.60. The normalized spacial score (nSPS) is 10.4. The molecule has 0 aliphatic carbocycles. The van der Waals surface area contributed by atoms with Gasteiger partial charge in [0, 0.05) is 5.69 Å². The molecule has 0 saturated carbocycles. The Labute approximate surface area is 102 Å².